The number of nitrogens with zero attached hydrogens (tertiary/aromatic N) is 1. The number of hydrogen-bond acceptors (Lipinski definition) is 2. The van der Waals surface area contributed by atoms with E-state index >= 15 is 0 Å². The molecule has 0 radical (unpaired) electrons. The van der Waals surface area contributed by atoms with Crippen molar-refractivity contribution in [1.29, 1.82) is 0 Å². The monoisotopic (exact) mass is 643 g/mol. The molecule has 0 N–H and O–H groups in total. The van der Waals surface area contributed by atoms with Crippen LogP contribution in [0, 0.1) is 0 Å². The summed E-state index contributed by atoms with van der Waals surface area (Å²) in [5, 5.41) is 7.66. The second kappa shape index (κ2) is 10.7. The van der Waals surface area contributed by atoms with E-state index in [2.05, 4.69) is 183 Å². The summed E-state index contributed by atoms with van der Waals surface area (Å²) in [6.45, 7) is 4.72. The van der Waals surface area contributed by atoms with Crippen LogP contribution in [0.4, 0.5) is 17.1 Å². The Labute approximate surface area is 290 Å². The Bertz CT molecular complexity index is 2770. The van der Waals surface area contributed by atoms with Crippen LogP contribution in [0.25, 0.3) is 64.0 Å². The molecule has 9 aromatic rings. The van der Waals surface area contributed by atoms with Crippen LogP contribution < -0.4 is 4.90 Å². The molecule has 1 aliphatic carbocycles. The van der Waals surface area contributed by atoms with Crippen LogP contribution in [0.3, 0.4) is 0 Å². The van der Waals surface area contributed by atoms with Gasteiger partial charge in [0.25, 0.3) is 0 Å². The standard InChI is InChI=1S/C47H33NS/c1-47(2)42-16-8-5-14-38(42)39-24-23-36(29-43(39)47)48(44-17-9-6-13-37(44)33-20-19-30-11-3-4-12-31(30)25-33)35-22-21-32-28-46-41(27-34(32)26-35)40-15-7-10-18-45(40)49-46/h3-29H,1-2H3. The minimum atomic E-state index is -0.0968. The number of para-hydroxylation sites is 1. The summed E-state index contributed by atoms with van der Waals surface area (Å²) in [7, 11) is 0. The fourth-order valence-corrected chi connectivity index (χ4v) is 9.26. The van der Waals surface area contributed by atoms with Crippen molar-refractivity contribution in [3.63, 3.8) is 0 Å². The number of benzene rings is 8. The summed E-state index contributed by atoms with van der Waals surface area (Å²) in [6.07, 6.45) is 0. The van der Waals surface area contributed by atoms with E-state index in [1.165, 1.54) is 75.1 Å². The van der Waals surface area contributed by atoms with Gasteiger partial charge in [0.1, 0.15) is 0 Å². The topological polar surface area (TPSA) is 3.24 Å². The van der Waals surface area contributed by atoms with Gasteiger partial charge in [-0.25, -0.2) is 0 Å². The molecule has 1 aromatic heterocycles. The zero-order chi connectivity index (χ0) is 32.7. The number of hydrogen-bond donors (Lipinski definition) is 0. The minimum Gasteiger partial charge on any atom is -0.310 e. The molecule has 0 fully saturated rings. The molecule has 1 heterocycles. The first-order chi connectivity index (χ1) is 24.0. The third kappa shape index (κ3) is 4.38. The van der Waals surface area contributed by atoms with Crippen molar-refractivity contribution in [2.45, 2.75) is 19.3 Å². The van der Waals surface area contributed by atoms with Gasteiger partial charge in [-0.2, -0.15) is 0 Å². The highest BCUT2D eigenvalue weighted by atomic mass is 32.1. The Morgan fingerprint density at radius 3 is 2.02 bits per heavy atom. The van der Waals surface area contributed by atoms with Crippen LogP contribution in [0.5, 0.6) is 0 Å². The lowest BCUT2D eigenvalue weighted by Crippen LogP contribution is -2.16. The molecular formula is C47H33NS. The maximum absolute atomic E-state index is 2.47. The lowest BCUT2D eigenvalue weighted by atomic mass is 9.82. The molecule has 2 heteroatoms. The predicted molar refractivity (Wildman–Crippen MR) is 212 cm³/mol. The summed E-state index contributed by atoms with van der Waals surface area (Å²) in [6, 6.07) is 60.8. The molecule has 232 valence electrons. The molecule has 8 aromatic carbocycles. The highest BCUT2D eigenvalue weighted by molar-refractivity contribution is 7.25. The van der Waals surface area contributed by atoms with Gasteiger partial charge in [0, 0.05) is 42.5 Å². The van der Waals surface area contributed by atoms with Gasteiger partial charge in [-0.1, -0.05) is 123 Å². The summed E-state index contributed by atoms with van der Waals surface area (Å²) in [5.41, 5.74) is 11.2. The molecule has 1 nitrogen and oxygen atoms in total. The molecule has 0 atom stereocenters. The lowest BCUT2D eigenvalue weighted by Gasteiger charge is -2.30. The zero-order valence-electron chi connectivity index (χ0n) is 27.4. The predicted octanol–water partition coefficient (Wildman–Crippen LogP) is 13.8. The minimum absolute atomic E-state index is 0.0968. The Morgan fingerprint density at radius 1 is 0.429 bits per heavy atom. The Hall–Kier alpha value is -5.70. The molecule has 0 amide bonds. The van der Waals surface area contributed by atoms with Gasteiger partial charge >= 0.3 is 0 Å². The van der Waals surface area contributed by atoms with Gasteiger partial charge in [0.2, 0.25) is 0 Å². The first-order valence-electron chi connectivity index (χ1n) is 17.0. The van der Waals surface area contributed by atoms with Crippen molar-refractivity contribution >= 4 is 70.1 Å². The smallest absolute Gasteiger partial charge is 0.0540 e. The van der Waals surface area contributed by atoms with Gasteiger partial charge in [-0.3, -0.25) is 0 Å². The van der Waals surface area contributed by atoms with Crippen LogP contribution in [0.2, 0.25) is 0 Å². The Balaban J connectivity index is 1.21. The summed E-state index contributed by atoms with van der Waals surface area (Å²) in [4.78, 5) is 2.47. The molecule has 10 rings (SSSR count). The van der Waals surface area contributed by atoms with Gasteiger partial charge in [-0.15, -0.1) is 11.3 Å². The SMILES string of the molecule is CC1(C)c2ccccc2-c2ccc(N(c3ccc4cc5sc6ccccc6c5cc4c3)c3ccccc3-c3ccc4ccccc4c3)cc21. The molecule has 0 saturated carbocycles. The van der Waals surface area contributed by atoms with Crippen LogP contribution >= 0.6 is 11.3 Å². The average Bonchev–Trinajstić information content (AvgIpc) is 3.61. The van der Waals surface area contributed by atoms with E-state index in [1.54, 1.807) is 0 Å². The second-order valence-corrected chi connectivity index (χ2v) is 14.9. The summed E-state index contributed by atoms with van der Waals surface area (Å²) >= 11 is 1.88. The molecule has 0 spiro atoms. The average molecular weight is 644 g/mol. The normalized spacial score (nSPS) is 13.3. The van der Waals surface area contributed by atoms with E-state index in [4.69, 9.17) is 0 Å². The van der Waals surface area contributed by atoms with Crippen molar-refractivity contribution in [3.05, 3.63) is 175 Å². The molecule has 0 unspecified atom stereocenters. The van der Waals surface area contributed by atoms with Gasteiger partial charge in [-0.05, 0) is 104 Å². The van der Waals surface area contributed by atoms with Crippen LogP contribution in [-0.4, -0.2) is 0 Å². The zero-order valence-corrected chi connectivity index (χ0v) is 28.3. The first-order valence-corrected chi connectivity index (χ1v) is 17.8. The lowest BCUT2D eigenvalue weighted by molar-refractivity contribution is 0.660. The summed E-state index contributed by atoms with van der Waals surface area (Å²) < 4.78 is 2.67. The number of anilines is 3. The van der Waals surface area contributed by atoms with E-state index < -0.39 is 0 Å². The van der Waals surface area contributed by atoms with E-state index in [1.807, 2.05) is 11.3 Å². The molecule has 0 saturated heterocycles. The summed E-state index contributed by atoms with van der Waals surface area (Å²) in [5.74, 6) is 0. The number of thiophene rings is 1. The van der Waals surface area contributed by atoms with Crippen molar-refractivity contribution in [1.82, 2.24) is 0 Å². The van der Waals surface area contributed by atoms with Gasteiger partial charge in [0.15, 0.2) is 0 Å². The molecule has 49 heavy (non-hydrogen) atoms. The second-order valence-electron chi connectivity index (χ2n) is 13.8. The van der Waals surface area contributed by atoms with Gasteiger partial charge in [0.05, 0.1) is 5.69 Å². The van der Waals surface area contributed by atoms with Crippen molar-refractivity contribution in [2.75, 3.05) is 4.90 Å². The maximum Gasteiger partial charge on any atom is 0.0540 e. The quantitative estimate of drug-likeness (QED) is 0.184. The molecule has 0 aliphatic heterocycles. The maximum atomic E-state index is 2.47. The third-order valence-electron chi connectivity index (χ3n) is 10.6. The fraction of sp³-hybridized carbons (Fsp3) is 0.0638. The van der Waals surface area contributed by atoms with Crippen molar-refractivity contribution in [2.24, 2.45) is 0 Å². The number of rotatable bonds is 4. The largest absolute Gasteiger partial charge is 0.310 e. The van der Waals surface area contributed by atoms with Crippen LogP contribution in [0.15, 0.2) is 164 Å². The highest BCUT2D eigenvalue weighted by Gasteiger charge is 2.35. The molecule has 0 bridgehead atoms. The third-order valence-corrected chi connectivity index (χ3v) is 11.7. The van der Waals surface area contributed by atoms with Crippen molar-refractivity contribution in [3.8, 4) is 22.3 Å². The highest BCUT2D eigenvalue weighted by Crippen LogP contribution is 2.51. The van der Waals surface area contributed by atoms with E-state index in [0.29, 0.717) is 0 Å². The van der Waals surface area contributed by atoms with E-state index in [0.717, 1.165) is 17.1 Å². The first kappa shape index (κ1) is 28.3. The van der Waals surface area contributed by atoms with Gasteiger partial charge < -0.3 is 4.90 Å². The Kier molecular flexibility index (Phi) is 6.16. The van der Waals surface area contributed by atoms with Crippen LogP contribution in [0.1, 0.15) is 25.0 Å². The van der Waals surface area contributed by atoms with E-state index in [-0.39, 0.29) is 5.41 Å². The fourth-order valence-electron chi connectivity index (χ4n) is 8.12. The Morgan fingerprint density at radius 2 is 1.10 bits per heavy atom. The van der Waals surface area contributed by atoms with Crippen LogP contribution in [-0.2, 0) is 5.41 Å². The van der Waals surface area contributed by atoms with Crippen molar-refractivity contribution < 1.29 is 0 Å². The van der Waals surface area contributed by atoms with E-state index in [9.17, 15) is 0 Å². The molecule has 1 aliphatic rings. The molecular weight excluding hydrogens is 611 g/mol. The number of fused-ring (bicyclic) bond motifs is 8.